The molecule has 6 heteroatoms. The number of hydrogen-bond donors (Lipinski definition) is 0. The highest BCUT2D eigenvalue weighted by atomic mass is 32.2. The predicted molar refractivity (Wildman–Crippen MR) is 124 cm³/mol. The van der Waals surface area contributed by atoms with Crippen LogP contribution in [0.3, 0.4) is 0 Å². The van der Waals surface area contributed by atoms with Crippen LogP contribution >= 0.6 is 0 Å². The average Bonchev–Trinajstić information content (AvgIpc) is 2.79. The van der Waals surface area contributed by atoms with E-state index < -0.39 is 9.84 Å². The Bertz CT molecular complexity index is 973. The van der Waals surface area contributed by atoms with E-state index in [1.54, 1.807) is 12.1 Å². The molecule has 0 aliphatic carbocycles. The molecule has 2 heterocycles. The van der Waals surface area contributed by atoms with Crippen molar-refractivity contribution in [1.29, 1.82) is 0 Å². The van der Waals surface area contributed by atoms with Crippen LogP contribution in [-0.2, 0) is 21.1 Å². The lowest BCUT2D eigenvalue weighted by molar-refractivity contribution is -0.132. The number of likely N-dealkylation sites (tertiary alicyclic amines) is 1. The minimum absolute atomic E-state index is 0.247. The van der Waals surface area contributed by atoms with Crippen molar-refractivity contribution in [2.75, 3.05) is 37.3 Å². The van der Waals surface area contributed by atoms with E-state index >= 15 is 0 Å². The van der Waals surface area contributed by atoms with E-state index in [1.807, 2.05) is 47.4 Å². The lowest BCUT2D eigenvalue weighted by Gasteiger charge is -2.41. The van der Waals surface area contributed by atoms with Gasteiger partial charge < -0.3 is 9.80 Å². The minimum atomic E-state index is -3.15. The fraction of sp³-hybridized carbons (Fsp3) is 0.480. The lowest BCUT2D eigenvalue weighted by atomic mass is 9.78. The largest absolute Gasteiger partial charge is 0.372 e. The molecule has 31 heavy (non-hydrogen) atoms. The monoisotopic (exact) mass is 440 g/mol. The Balaban J connectivity index is 1.24. The van der Waals surface area contributed by atoms with Crippen molar-refractivity contribution in [1.82, 2.24) is 4.90 Å². The van der Waals surface area contributed by atoms with Crippen molar-refractivity contribution >= 4 is 21.4 Å². The zero-order chi connectivity index (χ0) is 21.8. The summed E-state index contributed by atoms with van der Waals surface area (Å²) in [6, 6.07) is 17.3. The zero-order valence-electron chi connectivity index (χ0n) is 18.2. The van der Waals surface area contributed by atoms with Gasteiger partial charge in [-0.1, -0.05) is 30.3 Å². The average molecular weight is 441 g/mol. The molecule has 2 aliphatic heterocycles. The van der Waals surface area contributed by atoms with E-state index in [9.17, 15) is 13.2 Å². The topological polar surface area (TPSA) is 57.7 Å². The summed E-state index contributed by atoms with van der Waals surface area (Å²) in [4.78, 5) is 17.4. The van der Waals surface area contributed by atoms with Gasteiger partial charge in [-0.15, -0.1) is 0 Å². The van der Waals surface area contributed by atoms with Crippen molar-refractivity contribution in [3.05, 3.63) is 60.2 Å². The highest BCUT2D eigenvalue weighted by Crippen LogP contribution is 2.34. The maximum absolute atomic E-state index is 12.6. The van der Waals surface area contributed by atoms with E-state index in [0.717, 1.165) is 69.0 Å². The molecular formula is C25H32N2O3S. The first-order valence-electron chi connectivity index (χ1n) is 11.3. The summed E-state index contributed by atoms with van der Waals surface area (Å²) in [5.74, 6) is 1.67. The maximum atomic E-state index is 12.6. The number of benzene rings is 2. The van der Waals surface area contributed by atoms with Crippen molar-refractivity contribution in [3.8, 4) is 0 Å². The van der Waals surface area contributed by atoms with Crippen LogP contribution in [0.5, 0.6) is 0 Å². The highest BCUT2D eigenvalue weighted by molar-refractivity contribution is 7.90. The Hall–Kier alpha value is -2.34. The molecule has 2 aliphatic rings. The van der Waals surface area contributed by atoms with E-state index in [4.69, 9.17) is 0 Å². The first-order chi connectivity index (χ1) is 14.9. The van der Waals surface area contributed by atoms with Gasteiger partial charge in [0.25, 0.3) is 0 Å². The Kier molecular flexibility index (Phi) is 6.65. The van der Waals surface area contributed by atoms with Gasteiger partial charge in [0.05, 0.1) is 11.3 Å². The SMILES string of the molecule is CS(=O)(=O)c1ccc(N2CCC(C3CCN(C(=O)Cc4ccccc4)CC3)CC2)cc1. The number of sulfone groups is 1. The normalized spacial score (nSPS) is 18.9. The number of nitrogens with zero attached hydrogens (tertiary/aromatic N) is 2. The first-order valence-corrected chi connectivity index (χ1v) is 13.2. The third kappa shape index (κ3) is 5.48. The van der Waals surface area contributed by atoms with E-state index in [2.05, 4.69) is 4.90 Å². The van der Waals surface area contributed by atoms with E-state index in [1.165, 1.54) is 6.26 Å². The van der Waals surface area contributed by atoms with Crippen LogP contribution in [-0.4, -0.2) is 51.7 Å². The quantitative estimate of drug-likeness (QED) is 0.710. The van der Waals surface area contributed by atoms with Crippen LogP contribution in [0.15, 0.2) is 59.5 Å². The molecule has 2 fully saturated rings. The fourth-order valence-electron chi connectivity index (χ4n) is 5.04. The molecule has 0 bridgehead atoms. The van der Waals surface area contributed by atoms with Gasteiger partial charge in [0.1, 0.15) is 0 Å². The van der Waals surface area contributed by atoms with Gasteiger partial charge in [-0.2, -0.15) is 0 Å². The number of carbonyl (C=O) groups is 1. The van der Waals surface area contributed by atoms with Gasteiger partial charge in [0, 0.05) is 38.1 Å². The van der Waals surface area contributed by atoms with Crippen molar-refractivity contribution in [2.45, 2.75) is 37.0 Å². The minimum Gasteiger partial charge on any atom is -0.372 e. The van der Waals surface area contributed by atoms with Gasteiger partial charge in [0.2, 0.25) is 5.91 Å². The van der Waals surface area contributed by atoms with Crippen LogP contribution in [0.1, 0.15) is 31.2 Å². The van der Waals surface area contributed by atoms with Crippen LogP contribution in [0.25, 0.3) is 0 Å². The number of anilines is 1. The van der Waals surface area contributed by atoms with Crippen LogP contribution in [0.4, 0.5) is 5.69 Å². The highest BCUT2D eigenvalue weighted by Gasteiger charge is 2.31. The molecule has 166 valence electrons. The van der Waals surface area contributed by atoms with E-state index in [0.29, 0.717) is 17.2 Å². The maximum Gasteiger partial charge on any atom is 0.226 e. The van der Waals surface area contributed by atoms with Crippen LogP contribution in [0, 0.1) is 11.8 Å². The third-order valence-corrected chi connectivity index (χ3v) is 8.06. The van der Waals surface area contributed by atoms with Crippen molar-refractivity contribution in [3.63, 3.8) is 0 Å². The van der Waals surface area contributed by atoms with Crippen molar-refractivity contribution < 1.29 is 13.2 Å². The molecule has 2 aromatic carbocycles. The predicted octanol–water partition coefficient (Wildman–Crippen LogP) is 3.79. The second-order valence-electron chi connectivity index (χ2n) is 8.97. The Labute approximate surface area is 186 Å². The van der Waals surface area contributed by atoms with Crippen LogP contribution in [0.2, 0.25) is 0 Å². The summed E-state index contributed by atoms with van der Waals surface area (Å²) < 4.78 is 23.3. The molecule has 2 saturated heterocycles. The second-order valence-corrected chi connectivity index (χ2v) is 11.0. The molecule has 0 radical (unpaired) electrons. The summed E-state index contributed by atoms with van der Waals surface area (Å²) in [6.07, 6.45) is 6.28. The third-order valence-electron chi connectivity index (χ3n) is 6.93. The smallest absolute Gasteiger partial charge is 0.226 e. The molecule has 0 N–H and O–H groups in total. The Morgan fingerprint density at radius 3 is 1.94 bits per heavy atom. The molecule has 4 rings (SSSR count). The van der Waals surface area contributed by atoms with E-state index in [-0.39, 0.29) is 5.91 Å². The fourth-order valence-corrected chi connectivity index (χ4v) is 5.67. The van der Waals surface area contributed by atoms with Gasteiger partial charge >= 0.3 is 0 Å². The first kappa shape index (κ1) is 21.9. The molecule has 1 amide bonds. The number of amides is 1. The molecule has 5 nitrogen and oxygen atoms in total. The number of hydrogen-bond acceptors (Lipinski definition) is 4. The molecule has 0 spiro atoms. The van der Waals surface area contributed by atoms with Gasteiger partial charge in [-0.05, 0) is 67.3 Å². The summed E-state index contributed by atoms with van der Waals surface area (Å²) in [5, 5.41) is 0. The zero-order valence-corrected chi connectivity index (χ0v) is 19.1. The molecule has 0 unspecified atom stereocenters. The Morgan fingerprint density at radius 2 is 1.39 bits per heavy atom. The second kappa shape index (κ2) is 9.43. The standard InChI is InChI=1S/C25H32N2O3S/c1-31(29,30)24-9-7-23(8-10-24)26-15-11-21(12-16-26)22-13-17-27(18-14-22)25(28)19-20-5-3-2-4-6-20/h2-10,21-22H,11-19H2,1H3. The van der Waals surface area contributed by atoms with Gasteiger partial charge in [0.15, 0.2) is 9.84 Å². The number of piperidine rings is 2. The summed E-state index contributed by atoms with van der Waals surface area (Å²) in [6.45, 7) is 3.78. The molecule has 2 aromatic rings. The summed E-state index contributed by atoms with van der Waals surface area (Å²) in [5.41, 5.74) is 2.19. The lowest BCUT2D eigenvalue weighted by Crippen LogP contribution is -2.43. The summed E-state index contributed by atoms with van der Waals surface area (Å²) in [7, 11) is -3.15. The van der Waals surface area contributed by atoms with Gasteiger partial charge in [-0.3, -0.25) is 4.79 Å². The Morgan fingerprint density at radius 1 is 0.839 bits per heavy atom. The molecule has 0 atom stereocenters. The van der Waals surface area contributed by atoms with Crippen molar-refractivity contribution in [2.24, 2.45) is 11.8 Å². The van der Waals surface area contributed by atoms with Gasteiger partial charge in [-0.25, -0.2) is 8.42 Å². The molecular weight excluding hydrogens is 408 g/mol. The molecule has 0 aromatic heterocycles. The number of carbonyl (C=O) groups excluding carboxylic acids is 1. The molecule has 0 saturated carbocycles. The van der Waals surface area contributed by atoms with Crippen LogP contribution < -0.4 is 4.90 Å². The number of rotatable bonds is 5. The summed E-state index contributed by atoms with van der Waals surface area (Å²) >= 11 is 0.